The summed E-state index contributed by atoms with van der Waals surface area (Å²) in [5, 5.41) is 1.84. The van der Waals surface area contributed by atoms with Crippen LogP contribution < -0.4 is 5.56 Å². The molecule has 3 heteroatoms. The third-order valence-corrected chi connectivity index (χ3v) is 5.43. The van der Waals surface area contributed by atoms with E-state index in [9.17, 15) is 4.79 Å². The molecule has 0 spiro atoms. The Morgan fingerprint density at radius 1 is 1.17 bits per heavy atom. The van der Waals surface area contributed by atoms with Crippen LogP contribution in [0.1, 0.15) is 36.8 Å². The van der Waals surface area contributed by atoms with E-state index in [1.54, 1.807) is 4.57 Å². The number of nitrogens with zero attached hydrogens (tertiary/aromatic N) is 1. The first-order valence-electron chi connectivity index (χ1n) is 8.12. The number of aromatic nitrogens is 1. The lowest BCUT2D eigenvalue weighted by molar-refractivity contribution is 0.964. The summed E-state index contributed by atoms with van der Waals surface area (Å²) in [5.41, 5.74) is 3.53. The molecular formula is C20H18BrNO. The van der Waals surface area contributed by atoms with Crippen molar-refractivity contribution in [3.63, 3.8) is 0 Å². The Balaban J connectivity index is 1.92. The fourth-order valence-corrected chi connectivity index (χ4v) is 3.89. The van der Waals surface area contributed by atoms with Gasteiger partial charge in [0.05, 0.1) is 5.69 Å². The van der Waals surface area contributed by atoms with E-state index >= 15 is 0 Å². The minimum atomic E-state index is 0.0534. The zero-order chi connectivity index (χ0) is 16.0. The Bertz CT molecular complexity index is 954. The molecule has 1 heterocycles. The van der Waals surface area contributed by atoms with E-state index in [1.807, 2.05) is 30.5 Å². The summed E-state index contributed by atoms with van der Waals surface area (Å²) in [7, 11) is 0. The first-order valence-corrected chi connectivity index (χ1v) is 8.91. The maximum atomic E-state index is 13.0. The SMILES string of the molecule is CCc1c(Br)cccc1-n1ccc2cc(C3CC3)ccc2c1=O. The lowest BCUT2D eigenvalue weighted by Crippen LogP contribution is -2.19. The van der Waals surface area contributed by atoms with E-state index in [2.05, 4.69) is 41.1 Å². The largest absolute Gasteiger partial charge is 0.283 e. The van der Waals surface area contributed by atoms with Crippen LogP contribution in [0.2, 0.25) is 0 Å². The van der Waals surface area contributed by atoms with Crippen LogP contribution in [0.25, 0.3) is 16.5 Å². The minimum absolute atomic E-state index is 0.0534. The maximum absolute atomic E-state index is 13.0. The molecule has 0 aliphatic heterocycles. The second kappa shape index (κ2) is 5.64. The number of pyridine rings is 1. The second-order valence-electron chi connectivity index (χ2n) is 6.20. The summed E-state index contributed by atoms with van der Waals surface area (Å²) in [5.74, 6) is 0.707. The van der Waals surface area contributed by atoms with Gasteiger partial charge in [-0.05, 0) is 66.0 Å². The number of benzene rings is 2. The first kappa shape index (κ1) is 14.7. The topological polar surface area (TPSA) is 22.0 Å². The molecule has 1 saturated carbocycles. The lowest BCUT2D eigenvalue weighted by atomic mass is 10.0. The molecule has 3 aromatic rings. The molecule has 0 bridgehead atoms. The highest BCUT2D eigenvalue weighted by atomic mass is 79.9. The van der Waals surface area contributed by atoms with Crippen molar-refractivity contribution in [1.29, 1.82) is 0 Å². The Hall–Kier alpha value is -1.87. The number of hydrogen-bond acceptors (Lipinski definition) is 1. The fourth-order valence-electron chi connectivity index (χ4n) is 3.25. The van der Waals surface area contributed by atoms with Crippen molar-refractivity contribution in [3.05, 3.63) is 74.6 Å². The van der Waals surface area contributed by atoms with Gasteiger partial charge in [0.25, 0.3) is 5.56 Å². The Morgan fingerprint density at radius 3 is 2.74 bits per heavy atom. The highest BCUT2D eigenvalue weighted by molar-refractivity contribution is 9.10. The van der Waals surface area contributed by atoms with Crippen LogP contribution in [0.4, 0.5) is 0 Å². The molecule has 2 nitrogen and oxygen atoms in total. The van der Waals surface area contributed by atoms with Crippen LogP contribution in [-0.4, -0.2) is 4.57 Å². The smallest absolute Gasteiger partial charge is 0.262 e. The molecule has 0 unspecified atom stereocenters. The quantitative estimate of drug-likeness (QED) is 0.623. The average molecular weight is 368 g/mol. The van der Waals surface area contributed by atoms with Gasteiger partial charge in [0.2, 0.25) is 0 Å². The van der Waals surface area contributed by atoms with Gasteiger partial charge < -0.3 is 0 Å². The molecule has 1 fully saturated rings. The number of rotatable bonds is 3. The van der Waals surface area contributed by atoms with E-state index < -0.39 is 0 Å². The Labute approximate surface area is 143 Å². The van der Waals surface area contributed by atoms with Crippen LogP contribution in [-0.2, 0) is 6.42 Å². The number of halogens is 1. The lowest BCUT2D eigenvalue weighted by Gasteiger charge is -2.13. The van der Waals surface area contributed by atoms with Gasteiger partial charge >= 0.3 is 0 Å². The second-order valence-corrected chi connectivity index (χ2v) is 7.06. The summed E-state index contributed by atoms with van der Waals surface area (Å²) >= 11 is 3.60. The van der Waals surface area contributed by atoms with E-state index in [0.29, 0.717) is 5.92 Å². The average Bonchev–Trinajstić information content (AvgIpc) is 3.40. The van der Waals surface area contributed by atoms with Crippen LogP contribution >= 0.6 is 15.9 Å². The summed E-state index contributed by atoms with van der Waals surface area (Å²) in [6.45, 7) is 2.11. The Morgan fingerprint density at radius 2 is 2.00 bits per heavy atom. The summed E-state index contributed by atoms with van der Waals surface area (Å²) in [6, 6.07) is 14.4. The van der Waals surface area contributed by atoms with Crippen LogP contribution in [0.15, 0.2) is 57.9 Å². The van der Waals surface area contributed by atoms with Crippen LogP contribution in [0.5, 0.6) is 0 Å². The normalized spacial score (nSPS) is 14.3. The standard InChI is InChI=1S/C20H18BrNO/c1-2-16-18(21)4-3-5-19(16)22-11-10-15-12-14(13-6-7-13)8-9-17(15)20(22)23/h3-5,8-13H,2,6-7H2,1H3. The molecule has 116 valence electrons. The predicted octanol–water partition coefficient (Wildman–Crippen LogP) is 5.19. The van der Waals surface area contributed by atoms with Crippen LogP contribution in [0.3, 0.4) is 0 Å². The van der Waals surface area contributed by atoms with Crippen molar-refractivity contribution in [3.8, 4) is 5.69 Å². The molecule has 1 aliphatic rings. The zero-order valence-electron chi connectivity index (χ0n) is 13.1. The van der Waals surface area contributed by atoms with Gasteiger partial charge in [-0.15, -0.1) is 0 Å². The van der Waals surface area contributed by atoms with Gasteiger partial charge in [0.1, 0.15) is 0 Å². The van der Waals surface area contributed by atoms with E-state index in [0.717, 1.165) is 32.9 Å². The van der Waals surface area contributed by atoms with E-state index in [-0.39, 0.29) is 5.56 Å². The van der Waals surface area contributed by atoms with Gasteiger partial charge in [0.15, 0.2) is 0 Å². The van der Waals surface area contributed by atoms with Gasteiger partial charge in [0, 0.05) is 16.1 Å². The molecular weight excluding hydrogens is 350 g/mol. The van der Waals surface area contributed by atoms with Crippen molar-refractivity contribution < 1.29 is 0 Å². The van der Waals surface area contributed by atoms with Crippen molar-refractivity contribution in [1.82, 2.24) is 4.57 Å². The minimum Gasteiger partial charge on any atom is -0.283 e. The summed E-state index contributed by atoms with van der Waals surface area (Å²) < 4.78 is 2.82. The molecule has 0 saturated heterocycles. The Kier molecular flexibility index (Phi) is 3.61. The van der Waals surface area contributed by atoms with E-state index in [1.165, 1.54) is 18.4 Å². The zero-order valence-corrected chi connectivity index (χ0v) is 14.6. The van der Waals surface area contributed by atoms with Gasteiger partial charge in [-0.2, -0.15) is 0 Å². The van der Waals surface area contributed by atoms with Gasteiger partial charge in [-0.3, -0.25) is 9.36 Å². The maximum Gasteiger partial charge on any atom is 0.262 e. The molecule has 0 atom stereocenters. The third-order valence-electron chi connectivity index (χ3n) is 4.68. The van der Waals surface area contributed by atoms with Crippen molar-refractivity contribution in [2.24, 2.45) is 0 Å². The molecule has 0 N–H and O–H groups in total. The third kappa shape index (κ3) is 2.53. The van der Waals surface area contributed by atoms with Crippen molar-refractivity contribution in [2.75, 3.05) is 0 Å². The summed E-state index contributed by atoms with van der Waals surface area (Å²) in [4.78, 5) is 13.0. The number of fused-ring (bicyclic) bond motifs is 1. The van der Waals surface area contributed by atoms with Crippen molar-refractivity contribution in [2.45, 2.75) is 32.1 Å². The van der Waals surface area contributed by atoms with Crippen molar-refractivity contribution >= 4 is 26.7 Å². The van der Waals surface area contributed by atoms with E-state index in [4.69, 9.17) is 0 Å². The first-order chi connectivity index (χ1) is 11.2. The monoisotopic (exact) mass is 367 g/mol. The fraction of sp³-hybridized carbons (Fsp3) is 0.250. The number of hydrogen-bond donors (Lipinski definition) is 0. The molecule has 0 amide bonds. The van der Waals surface area contributed by atoms with Crippen LogP contribution in [0, 0.1) is 0 Å². The molecule has 4 rings (SSSR count). The molecule has 1 aliphatic carbocycles. The molecule has 23 heavy (non-hydrogen) atoms. The molecule has 1 aromatic heterocycles. The molecule has 0 radical (unpaired) electrons. The predicted molar refractivity (Wildman–Crippen MR) is 98.6 cm³/mol. The summed E-state index contributed by atoms with van der Waals surface area (Å²) in [6.07, 6.45) is 5.34. The highest BCUT2D eigenvalue weighted by Crippen LogP contribution is 2.40. The van der Waals surface area contributed by atoms with Gasteiger partial charge in [-0.1, -0.05) is 41.1 Å². The van der Waals surface area contributed by atoms with Gasteiger partial charge in [-0.25, -0.2) is 0 Å². The molecule has 2 aromatic carbocycles. The highest BCUT2D eigenvalue weighted by Gasteiger charge is 2.23.